The zero-order chi connectivity index (χ0) is 11.8. The molecule has 1 saturated heterocycles. The number of nitrogens with one attached hydrogen (secondary N) is 1. The maximum absolute atomic E-state index is 11.2. The Morgan fingerprint density at radius 2 is 2.25 bits per heavy atom. The van der Waals surface area contributed by atoms with E-state index in [4.69, 9.17) is 5.73 Å². The lowest BCUT2D eigenvalue weighted by Crippen LogP contribution is -2.50. The maximum Gasteiger partial charge on any atom is 0.219 e. The zero-order valence-electron chi connectivity index (χ0n) is 10.3. The van der Waals surface area contributed by atoms with Crippen molar-refractivity contribution in [2.24, 2.45) is 5.73 Å². The normalized spacial score (nSPS) is 35.5. The summed E-state index contributed by atoms with van der Waals surface area (Å²) in [6.45, 7) is 6.24. The molecule has 1 aliphatic heterocycles. The van der Waals surface area contributed by atoms with E-state index in [1.165, 1.54) is 12.8 Å². The lowest BCUT2D eigenvalue weighted by molar-refractivity contribution is -0.119. The second kappa shape index (κ2) is 4.34. The second-order valence-corrected chi connectivity index (χ2v) is 5.41. The first kappa shape index (κ1) is 11.9. The fourth-order valence-corrected chi connectivity index (χ4v) is 3.17. The van der Waals surface area contributed by atoms with Crippen LogP contribution in [0.4, 0.5) is 0 Å². The molecule has 4 heteroatoms. The molecule has 1 aliphatic carbocycles. The van der Waals surface area contributed by atoms with E-state index in [0.717, 1.165) is 25.6 Å². The third kappa shape index (κ3) is 2.38. The van der Waals surface area contributed by atoms with Crippen molar-refractivity contribution < 1.29 is 4.79 Å². The molecule has 92 valence electrons. The van der Waals surface area contributed by atoms with Crippen LogP contribution >= 0.6 is 0 Å². The van der Waals surface area contributed by atoms with E-state index in [-0.39, 0.29) is 11.4 Å². The van der Waals surface area contributed by atoms with Crippen LogP contribution in [0.2, 0.25) is 0 Å². The van der Waals surface area contributed by atoms with Crippen molar-refractivity contribution in [1.29, 1.82) is 0 Å². The molecule has 0 spiro atoms. The molecule has 3 N–H and O–H groups in total. The van der Waals surface area contributed by atoms with Crippen molar-refractivity contribution in [2.45, 2.75) is 57.2 Å². The summed E-state index contributed by atoms with van der Waals surface area (Å²) in [6, 6.07) is 1.34. The van der Waals surface area contributed by atoms with Gasteiger partial charge in [-0.15, -0.1) is 0 Å². The van der Waals surface area contributed by atoms with E-state index in [1.54, 1.807) is 0 Å². The van der Waals surface area contributed by atoms with Crippen LogP contribution < -0.4 is 11.1 Å². The Morgan fingerprint density at radius 1 is 1.56 bits per heavy atom. The van der Waals surface area contributed by atoms with Gasteiger partial charge in [0.2, 0.25) is 5.91 Å². The molecule has 0 bridgehead atoms. The van der Waals surface area contributed by atoms with E-state index < -0.39 is 0 Å². The van der Waals surface area contributed by atoms with Crippen molar-refractivity contribution in [3.63, 3.8) is 0 Å². The highest BCUT2D eigenvalue weighted by Gasteiger charge is 2.47. The van der Waals surface area contributed by atoms with Crippen LogP contribution in [-0.4, -0.2) is 41.5 Å². The van der Waals surface area contributed by atoms with Gasteiger partial charge in [-0.1, -0.05) is 6.92 Å². The summed E-state index contributed by atoms with van der Waals surface area (Å²) in [5.41, 5.74) is 5.31. The van der Waals surface area contributed by atoms with E-state index in [0.29, 0.717) is 12.5 Å². The van der Waals surface area contributed by atoms with Gasteiger partial charge in [-0.25, -0.2) is 0 Å². The van der Waals surface area contributed by atoms with E-state index in [1.807, 2.05) is 0 Å². The molecular weight excluding hydrogens is 202 g/mol. The third-order valence-corrected chi connectivity index (χ3v) is 3.82. The Morgan fingerprint density at radius 3 is 2.75 bits per heavy atom. The number of amides is 1. The molecule has 16 heavy (non-hydrogen) atoms. The van der Waals surface area contributed by atoms with Crippen LogP contribution in [0.3, 0.4) is 0 Å². The Bertz CT molecular complexity index is 277. The van der Waals surface area contributed by atoms with E-state index in [9.17, 15) is 4.79 Å². The first-order chi connectivity index (χ1) is 7.56. The lowest BCUT2D eigenvalue weighted by atomic mass is 9.92. The quantitative estimate of drug-likeness (QED) is 0.715. The molecule has 2 aliphatic rings. The summed E-state index contributed by atoms with van der Waals surface area (Å²) in [7, 11) is 0. The molecule has 0 aromatic rings. The largest absolute Gasteiger partial charge is 0.370 e. The molecule has 1 amide bonds. The van der Waals surface area contributed by atoms with Gasteiger partial charge in [0.25, 0.3) is 0 Å². The van der Waals surface area contributed by atoms with Gasteiger partial charge in [0.1, 0.15) is 0 Å². The average Bonchev–Trinajstić information content (AvgIpc) is 2.92. The van der Waals surface area contributed by atoms with Gasteiger partial charge in [-0.2, -0.15) is 0 Å². The summed E-state index contributed by atoms with van der Waals surface area (Å²) < 4.78 is 0. The van der Waals surface area contributed by atoms with Crippen LogP contribution in [0.15, 0.2) is 0 Å². The fraction of sp³-hybridized carbons (Fsp3) is 0.917. The monoisotopic (exact) mass is 225 g/mol. The maximum atomic E-state index is 11.2. The smallest absolute Gasteiger partial charge is 0.219 e. The summed E-state index contributed by atoms with van der Waals surface area (Å²) >= 11 is 0. The van der Waals surface area contributed by atoms with Gasteiger partial charge in [0, 0.05) is 30.6 Å². The number of nitrogens with zero attached hydrogens (tertiary/aromatic N) is 1. The van der Waals surface area contributed by atoms with Gasteiger partial charge in [-0.05, 0) is 32.7 Å². The summed E-state index contributed by atoms with van der Waals surface area (Å²) in [4.78, 5) is 13.7. The van der Waals surface area contributed by atoms with Crippen LogP contribution in [0.25, 0.3) is 0 Å². The zero-order valence-corrected chi connectivity index (χ0v) is 10.3. The topological polar surface area (TPSA) is 58.4 Å². The van der Waals surface area contributed by atoms with Crippen LogP contribution in [0, 0.1) is 0 Å². The van der Waals surface area contributed by atoms with E-state index >= 15 is 0 Å². The summed E-state index contributed by atoms with van der Waals surface area (Å²) in [5, 5.41) is 3.49. The van der Waals surface area contributed by atoms with Gasteiger partial charge < -0.3 is 11.1 Å². The van der Waals surface area contributed by atoms with Crippen molar-refractivity contribution in [3.8, 4) is 0 Å². The van der Waals surface area contributed by atoms with Crippen molar-refractivity contribution in [3.05, 3.63) is 0 Å². The minimum Gasteiger partial charge on any atom is -0.370 e. The molecule has 2 rings (SSSR count). The minimum atomic E-state index is -0.189. The predicted octanol–water partition coefficient (Wildman–Crippen LogP) is 0.467. The Hall–Kier alpha value is -0.610. The predicted molar refractivity (Wildman–Crippen MR) is 64.0 cm³/mol. The summed E-state index contributed by atoms with van der Waals surface area (Å²) in [5.74, 6) is -0.189. The molecule has 1 heterocycles. The van der Waals surface area contributed by atoms with Crippen molar-refractivity contribution in [2.75, 3.05) is 13.1 Å². The lowest BCUT2D eigenvalue weighted by Gasteiger charge is -2.29. The number of rotatable bonds is 5. The molecule has 2 fully saturated rings. The molecule has 2 atom stereocenters. The second-order valence-electron chi connectivity index (χ2n) is 5.41. The van der Waals surface area contributed by atoms with Gasteiger partial charge in [0.15, 0.2) is 0 Å². The van der Waals surface area contributed by atoms with Crippen LogP contribution in [0.5, 0.6) is 0 Å². The molecular formula is C12H23N3O. The first-order valence-corrected chi connectivity index (χ1v) is 6.35. The molecule has 2 unspecified atom stereocenters. The SMILES string of the molecule is CCNC1(CC(N)=O)CC(C)N(C2CC2)C1. The molecule has 0 aromatic heterocycles. The number of carbonyl (C=O) groups excluding carboxylic acids is 1. The first-order valence-electron chi connectivity index (χ1n) is 6.35. The highest BCUT2D eigenvalue weighted by Crippen LogP contribution is 2.38. The Kier molecular flexibility index (Phi) is 3.22. The number of hydrogen-bond acceptors (Lipinski definition) is 3. The highest BCUT2D eigenvalue weighted by atomic mass is 16.1. The number of likely N-dealkylation sites (tertiary alicyclic amines) is 1. The van der Waals surface area contributed by atoms with Gasteiger partial charge in [0.05, 0.1) is 0 Å². The fourth-order valence-electron chi connectivity index (χ4n) is 3.17. The third-order valence-electron chi connectivity index (χ3n) is 3.82. The molecule has 4 nitrogen and oxygen atoms in total. The van der Waals surface area contributed by atoms with Crippen LogP contribution in [-0.2, 0) is 4.79 Å². The summed E-state index contributed by atoms with van der Waals surface area (Å²) in [6.07, 6.45) is 4.15. The minimum absolute atomic E-state index is 0.0669. The number of likely N-dealkylation sites (N-methyl/N-ethyl adjacent to an activating group) is 1. The molecule has 0 aromatic carbocycles. The van der Waals surface area contributed by atoms with E-state index in [2.05, 4.69) is 24.1 Å². The number of carbonyl (C=O) groups is 1. The Balaban J connectivity index is 2.05. The van der Waals surface area contributed by atoms with Crippen molar-refractivity contribution in [1.82, 2.24) is 10.2 Å². The highest BCUT2D eigenvalue weighted by molar-refractivity contribution is 5.75. The number of hydrogen-bond donors (Lipinski definition) is 2. The standard InChI is InChI=1S/C12H23N3O/c1-3-14-12(7-11(13)16)6-9(2)15(8-12)10-4-5-10/h9-10,14H,3-8H2,1-2H3,(H2,13,16). The molecule has 0 radical (unpaired) electrons. The van der Waals surface area contributed by atoms with Crippen molar-refractivity contribution >= 4 is 5.91 Å². The molecule has 1 saturated carbocycles. The number of primary amides is 1. The Labute approximate surface area is 97.6 Å². The number of nitrogens with two attached hydrogens (primary N) is 1. The van der Waals surface area contributed by atoms with Gasteiger partial charge in [-0.3, -0.25) is 9.69 Å². The van der Waals surface area contributed by atoms with Crippen LogP contribution in [0.1, 0.15) is 39.5 Å². The average molecular weight is 225 g/mol. The van der Waals surface area contributed by atoms with Gasteiger partial charge >= 0.3 is 0 Å².